The Morgan fingerprint density at radius 2 is 1.61 bits per heavy atom. The Hall–Kier alpha value is -3.00. The first-order valence-corrected chi connectivity index (χ1v) is 11.4. The number of non-ortho nitro benzene ring substituents is 1. The number of nitrogens with one attached hydrogen (secondary N) is 1. The molecular formula is C23H21ClN2O4S. The van der Waals surface area contributed by atoms with Crippen LogP contribution in [0.4, 0.5) is 5.69 Å². The minimum absolute atomic E-state index is 0.0164. The van der Waals surface area contributed by atoms with E-state index in [1.54, 1.807) is 54.6 Å². The first-order valence-electron chi connectivity index (χ1n) is 9.49. The molecule has 31 heavy (non-hydrogen) atoms. The summed E-state index contributed by atoms with van der Waals surface area (Å²) in [6, 6.07) is 19.3. The molecule has 0 aromatic heterocycles. The van der Waals surface area contributed by atoms with Crippen LogP contribution in [0.15, 0.2) is 83.8 Å². The number of sulfonamides is 1. The fraction of sp³-hybridized carbons (Fsp3) is 0.130. The van der Waals surface area contributed by atoms with Crippen LogP contribution in [0.25, 0.3) is 6.08 Å². The largest absolute Gasteiger partial charge is 0.269 e. The first kappa shape index (κ1) is 22.7. The monoisotopic (exact) mass is 456 g/mol. The van der Waals surface area contributed by atoms with E-state index in [9.17, 15) is 18.5 Å². The van der Waals surface area contributed by atoms with E-state index in [0.717, 1.165) is 16.7 Å². The van der Waals surface area contributed by atoms with Crippen molar-refractivity contribution in [3.8, 4) is 0 Å². The summed E-state index contributed by atoms with van der Waals surface area (Å²) >= 11 is 5.92. The summed E-state index contributed by atoms with van der Waals surface area (Å²) in [5.41, 5.74) is 2.58. The van der Waals surface area contributed by atoms with Crippen molar-refractivity contribution in [2.24, 2.45) is 0 Å². The molecular weight excluding hydrogens is 436 g/mol. The zero-order valence-electron chi connectivity index (χ0n) is 16.7. The summed E-state index contributed by atoms with van der Waals surface area (Å²) in [5.74, 6) is 0. The maximum atomic E-state index is 12.9. The molecule has 0 fully saturated rings. The van der Waals surface area contributed by atoms with Gasteiger partial charge in [-0.25, -0.2) is 13.1 Å². The Kier molecular flexibility index (Phi) is 7.22. The molecule has 6 nitrogen and oxygen atoms in total. The molecule has 160 valence electrons. The van der Waals surface area contributed by atoms with Gasteiger partial charge >= 0.3 is 0 Å². The van der Waals surface area contributed by atoms with Crippen molar-refractivity contribution in [1.29, 1.82) is 0 Å². The van der Waals surface area contributed by atoms with Crippen LogP contribution in [0, 0.1) is 17.0 Å². The third-order valence-electron chi connectivity index (χ3n) is 4.63. The number of aryl methyl sites for hydroxylation is 1. The van der Waals surface area contributed by atoms with Gasteiger partial charge in [0, 0.05) is 23.2 Å². The molecule has 0 bridgehead atoms. The normalized spacial score (nSPS) is 12.7. The number of nitro groups is 1. The third kappa shape index (κ3) is 6.49. The average molecular weight is 457 g/mol. The average Bonchev–Trinajstić information content (AvgIpc) is 2.73. The molecule has 3 aromatic carbocycles. The van der Waals surface area contributed by atoms with Gasteiger partial charge < -0.3 is 0 Å². The van der Waals surface area contributed by atoms with E-state index in [1.165, 1.54) is 12.1 Å². The molecule has 0 amide bonds. The second-order valence-corrected chi connectivity index (χ2v) is 9.23. The molecule has 1 N–H and O–H groups in total. The Morgan fingerprint density at radius 1 is 1.00 bits per heavy atom. The Morgan fingerprint density at radius 3 is 2.19 bits per heavy atom. The molecule has 0 saturated heterocycles. The minimum atomic E-state index is -3.76. The highest BCUT2D eigenvalue weighted by Gasteiger charge is 2.19. The third-order valence-corrected chi connectivity index (χ3v) is 6.39. The predicted molar refractivity (Wildman–Crippen MR) is 123 cm³/mol. The van der Waals surface area contributed by atoms with Crippen LogP contribution in [-0.2, 0) is 16.4 Å². The molecule has 8 heteroatoms. The smallest absolute Gasteiger partial charge is 0.258 e. The number of rotatable bonds is 8. The zero-order valence-corrected chi connectivity index (χ0v) is 18.3. The van der Waals surface area contributed by atoms with Crippen molar-refractivity contribution in [1.82, 2.24) is 4.72 Å². The fourth-order valence-electron chi connectivity index (χ4n) is 2.94. The molecule has 3 rings (SSSR count). The summed E-state index contributed by atoms with van der Waals surface area (Å²) in [7, 11) is -3.76. The number of benzene rings is 3. The molecule has 3 aromatic rings. The maximum Gasteiger partial charge on any atom is 0.269 e. The highest BCUT2D eigenvalue weighted by Crippen LogP contribution is 2.17. The van der Waals surface area contributed by atoms with Gasteiger partial charge in [0.1, 0.15) is 0 Å². The van der Waals surface area contributed by atoms with Crippen LogP contribution >= 0.6 is 11.6 Å². The molecule has 0 radical (unpaired) electrons. The van der Waals surface area contributed by atoms with Gasteiger partial charge in [-0.1, -0.05) is 65.7 Å². The lowest BCUT2D eigenvalue weighted by molar-refractivity contribution is -0.384. The summed E-state index contributed by atoms with van der Waals surface area (Å²) < 4.78 is 28.5. The van der Waals surface area contributed by atoms with E-state index < -0.39 is 21.0 Å². The van der Waals surface area contributed by atoms with Crippen LogP contribution in [0.5, 0.6) is 0 Å². The molecule has 1 atom stereocenters. The SMILES string of the molecule is Cc1ccc(S(=O)(=O)NC(/C=C/c2ccc(Cl)cc2)Cc2ccc([N+](=O)[O-])cc2)cc1. The lowest BCUT2D eigenvalue weighted by Crippen LogP contribution is -2.35. The van der Waals surface area contributed by atoms with Gasteiger partial charge in [0.15, 0.2) is 0 Å². The van der Waals surface area contributed by atoms with E-state index in [0.29, 0.717) is 11.4 Å². The first-order chi connectivity index (χ1) is 14.7. The number of hydrogen-bond acceptors (Lipinski definition) is 4. The highest BCUT2D eigenvalue weighted by atomic mass is 35.5. The summed E-state index contributed by atoms with van der Waals surface area (Å²) in [6.07, 6.45) is 3.90. The second-order valence-electron chi connectivity index (χ2n) is 7.08. The van der Waals surface area contributed by atoms with Crippen molar-refractivity contribution >= 4 is 33.4 Å². The van der Waals surface area contributed by atoms with Crippen molar-refractivity contribution in [2.75, 3.05) is 0 Å². The van der Waals surface area contributed by atoms with Crippen molar-refractivity contribution in [3.05, 3.63) is 111 Å². The molecule has 0 aliphatic carbocycles. The van der Waals surface area contributed by atoms with Gasteiger partial charge in [0.05, 0.1) is 9.82 Å². The summed E-state index contributed by atoms with van der Waals surface area (Å²) in [4.78, 5) is 10.6. The summed E-state index contributed by atoms with van der Waals surface area (Å²) in [5, 5.41) is 11.5. The van der Waals surface area contributed by atoms with Crippen LogP contribution in [0.2, 0.25) is 5.02 Å². The zero-order chi connectivity index (χ0) is 22.4. The number of nitro benzene ring substituents is 1. The molecule has 0 aliphatic rings. The van der Waals surface area contributed by atoms with Gasteiger partial charge in [-0.05, 0) is 48.7 Å². The second kappa shape index (κ2) is 9.87. The lowest BCUT2D eigenvalue weighted by atomic mass is 10.0. The van der Waals surface area contributed by atoms with Gasteiger partial charge in [-0.15, -0.1) is 0 Å². The molecule has 0 saturated carbocycles. The van der Waals surface area contributed by atoms with Crippen molar-refractivity contribution in [3.63, 3.8) is 0 Å². The Labute approximate surface area is 186 Å². The van der Waals surface area contributed by atoms with E-state index in [1.807, 2.05) is 25.1 Å². The van der Waals surface area contributed by atoms with E-state index in [4.69, 9.17) is 11.6 Å². The van der Waals surface area contributed by atoms with E-state index in [-0.39, 0.29) is 10.6 Å². The van der Waals surface area contributed by atoms with Crippen molar-refractivity contribution < 1.29 is 13.3 Å². The molecule has 0 spiro atoms. The van der Waals surface area contributed by atoms with Crippen LogP contribution < -0.4 is 4.72 Å². The predicted octanol–water partition coefficient (Wildman–Crippen LogP) is 5.16. The van der Waals surface area contributed by atoms with Gasteiger partial charge in [-0.2, -0.15) is 0 Å². The highest BCUT2D eigenvalue weighted by molar-refractivity contribution is 7.89. The van der Waals surface area contributed by atoms with Gasteiger partial charge in [-0.3, -0.25) is 10.1 Å². The molecule has 0 aliphatic heterocycles. The van der Waals surface area contributed by atoms with Crippen molar-refractivity contribution in [2.45, 2.75) is 24.3 Å². The fourth-order valence-corrected chi connectivity index (χ4v) is 4.26. The Bertz CT molecular complexity index is 1170. The number of hydrogen-bond donors (Lipinski definition) is 1. The standard InChI is InChI=1S/C23H21ClN2O4S/c1-17-2-14-23(15-3-17)31(29,30)25-21(11-6-18-4-9-20(24)10-5-18)16-19-7-12-22(13-8-19)26(27)28/h2-15,21,25H,16H2,1H3/b11-6+. The lowest BCUT2D eigenvalue weighted by Gasteiger charge is -2.16. The van der Waals surface area contributed by atoms with E-state index >= 15 is 0 Å². The quantitative estimate of drug-likeness (QED) is 0.374. The number of nitrogens with zero attached hydrogens (tertiary/aromatic N) is 1. The minimum Gasteiger partial charge on any atom is -0.258 e. The maximum absolute atomic E-state index is 12.9. The van der Waals surface area contributed by atoms with E-state index in [2.05, 4.69) is 4.72 Å². The molecule has 1 unspecified atom stereocenters. The van der Waals surface area contributed by atoms with Crippen LogP contribution in [0.3, 0.4) is 0 Å². The molecule has 0 heterocycles. The summed E-state index contributed by atoms with van der Waals surface area (Å²) in [6.45, 7) is 1.88. The topological polar surface area (TPSA) is 89.3 Å². The van der Waals surface area contributed by atoms with Gasteiger partial charge in [0.2, 0.25) is 10.0 Å². The Balaban J connectivity index is 1.86. The number of halogens is 1. The van der Waals surface area contributed by atoms with Gasteiger partial charge in [0.25, 0.3) is 5.69 Å². The van der Waals surface area contributed by atoms with Crippen LogP contribution in [0.1, 0.15) is 16.7 Å². The van der Waals surface area contributed by atoms with Crippen LogP contribution in [-0.4, -0.2) is 19.4 Å².